The van der Waals surface area contributed by atoms with Crippen molar-refractivity contribution in [2.24, 2.45) is 0 Å². The first-order valence-electron chi connectivity index (χ1n) is 5.92. The Hall–Kier alpha value is -1.48. The number of hydrogen-bond acceptors (Lipinski definition) is 3. The van der Waals surface area contributed by atoms with Crippen molar-refractivity contribution in [3.8, 4) is 11.5 Å². The molecule has 0 aliphatic carbocycles. The minimum atomic E-state index is -0.0848. The summed E-state index contributed by atoms with van der Waals surface area (Å²) in [5.74, 6) is 1.65. The first-order chi connectivity index (χ1) is 8.24. The summed E-state index contributed by atoms with van der Waals surface area (Å²) in [6.45, 7) is 9.90. The molecular weight excluding hydrogens is 214 g/mol. The Labute approximate surface area is 104 Å². The molecule has 0 radical (unpaired) electrons. The van der Waals surface area contributed by atoms with Crippen LogP contribution >= 0.6 is 0 Å². The quantitative estimate of drug-likeness (QED) is 0.536. The van der Waals surface area contributed by atoms with Crippen LogP contribution in [0, 0.1) is 0 Å². The number of methoxy groups -OCH3 is 1. The van der Waals surface area contributed by atoms with Crippen molar-refractivity contribution in [2.75, 3.05) is 20.2 Å². The Kier molecular flexibility index (Phi) is 5.57. The Balaban J connectivity index is 2.69. The highest BCUT2D eigenvalue weighted by atomic mass is 16.5. The molecule has 3 heteroatoms. The summed E-state index contributed by atoms with van der Waals surface area (Å²) in [5, 5.41) is 0. The normalized spacial score (nSPS) is 12.2. The molecule has 0 saturated heterocycles. The Bertz CT molecular complexity index is 331. The predicted octanol–water partition coefficient (Wildman–Crippen LogP) is 2.93. The van der Waals surface area contributed by atoms with E-state index in [0.717, 1.165) is 24.6 Å². The number of nitrogens with zero attached hydrogens (tertiary/aromatic N) is 1. The van der Waals surface area contributed by atoms with E-state index < -0.39 is 0 Å². The fourth-order valence-electron chi connectivity index (χ4n) is 1.65. The fraction of sp³-hybridized carbons (Fsp3) is 0.429. The third-order valence-electron chi connectivity index (χ3n) is 2.69. The van der Waals surface area contributed by atoms with Crippen LogP contribution in [0.2, 0.25) is 0 Å². The molecule has 1 rings (SSSR count). The van der Waals surface area contributed by atoms with Gasteiger partial charge in [-0.2, -0.15) is 0 Å². The molecule has 0 amide bonds. The minimum Gasteiger partial charge on any atom is -0.497 e. The molecule has 1 aromatic carbocycles. The summed E-state index contributed by atoms with van der Waals surface area (Å²) in [4.78, 5) is 2.19. The summed E-state index contributed by atoms with van der Waals surface area (Å²) >= 11 is 0. The van der Waals surface area contributed by atoms with Crippen molar-refractivity contribution in [1.29, 1.82) is 0 Å². The first kappa shape index (κ1) is 13.6. The van der Waals surface area contributed by atoms with Gasteiger partial charge in [0.15, 0.2) is 6.23 Å². The van der Waals surface area contributed by atoms with E-state index in [-0.39, 0.29) is 6.23 Å². The van der Waals surface area contributed by atoms with Gasteiger partial charge < -0.3 is 9.47 Å². The monoisotopic (exact) mass is 235 g/mol. The largest absolute Gasteiger partial charge is 0.497 e. The lowest BCUT2D eigenvalue weighted by Gasteiger charge is -2.27. The Morgan fingerprint density at radius 1 is 1.18 bits per heavy atom. The summed E-state index contributed by atoms with van der Waals surface area (Å²) in [6.07, 6.45) is 1.73. The molecule has 94 valence electrons. The molecule has 0 aliphatic heterocycles. The van der Waals surface area contributed by atoms with Crippen molar-refractivity contribution in [1.82, 2.24) is 4.90 Å². The standard InChI is InChI=1S/C14H21NO2/c1-5-14(15(6-2)7-3)17-13-10-8-12(16-4)9-11-13/h5,8-11,14H,1,6-7H2,2-4H3. The minimum absolute atomic E-state index is 0.0848. The zero-order valence-electron chi connectivity index (χ0n) is 10.8. The lowest BCUT2D eigenvalue weighted by molar-refractivity contribution is 0.0716. The van der Waals surface area contributed by atoms with Crippen molar-refractivity contribution in [2.45, 2.75) is 20.1 Å². The number of likely N-dealkylation sites (N-methyl/N-ethyl adjacent to an activating group) is 1. The molecule has 0 saturated carbocycles. The lowest BCUT2D eigenvalue weighted by atomic mass is 10.3. The topological polar surface area (TPSA) is 21.7 Å². The summed E-state index contributed by atoms with van der Waals surface area (Å²) in [6, 6.07) is 7.58. The van der Waals surface area contributed by atoms with Crippen molar-refractivity contribution >= 4 is 0 Å². The molecule has 3 nitrogen and oxygen atoms in total. The smallest absolute Gasteiger partial charge is 0.171 e. The van der Waals surface area contributed by atoms with Crippen LogP contribution in [0.1, 0.15) is 13.8 Å². The van der Waals surface area contributed by atoms with Crippen LogP contribution in [0.4, 0.5) is 0 Å². The average molecular weight is 235 g/mol. The van der Waals surface area contributed by atoms with Gasteiger partial charge in [0.25, 0.3) is 0 Å². The maximum atomic E-state index is 5.86. The van der Waals surface area contributed by atoms with Gasteiger partial charge in [-0.05, 0) is 43.4 Å². The van der Waals surface area contributed by atoms with E-state index in [0.29, 0.717) is 0 Å². The maximum absolute atomic E-state index is 5.86. The van der Waals surface area contributed by atoms with E-state index in [1.165, 1.54) is 0 Å². The van der Waals surface area contributed by atoms with Crippen LogP contribution in [-0.4, -0.2) is 31.3 Å². The summed E-state index contributed by atoms with van der Waals surface area (Å²) < 4.78 is 11.0. The van der Waals surface area contributed by atoms with Crippen LogP contribution in [-0.2, 0) is 0 Å². The van der Waals surface area contributed by atoms with Gasteiger partial charge in [0.1, 0.15) is 11.5 Å². The third-order valence-corrected chi connectivity index (χ3v) is 2.69. The van der Waals surface area contributed by atoms with Gasteiger partial charge in [-0.3, -0.25) is 4.90 Å². The van der Waals surface area contributed by atoms with Gasteiger partial charge in [-0.25, -0.2) is 0 Å². The van der Waals surface area contributed by atoms with Crippen molar-refractivity contribution in [3.05, 3.63) is 36.9 Å². The number of hydrogen-bond donors (Lipinski definition) is 0. The molecule has 1 atom stereocenters. The number of benzene rings is 1. The van der Waals surface area contributed by atoms with Gasteiger partial charge in [0, 0.05) is 0 Å². The van der Waals surface area contributed by atoms with Gasteiger partial charge >= 0.3 is 0 Å². The highest BCUT2D eigenvalue weighted by Crippen LogP contribution is 2.19. The summed E-state index contributed by atoms with van der Waals surface area (Å²) in [5.41, 5.74) is 0. The molecule has 0 aliphatic rings. The SMILES string of the molecule is C=CC(Oc1ccc(OC)cc1)N(CC)CC. The first-order valence-corrected chi connectivity index (χ1v) is 5.92. The van der Waals surface area contributed by atoms with Crippen LogP contribution in [0.3, 0.4) is 0 Å². The highest BCUT2D eigenvalue weighted by molar-refractivity contribution is 5.31. The molecular formula is C14H21NO2. The fourth-order valence-corrected chi connectivity index (χ4v) is 1.65. The Morgan fingerprint density at radius 2 is 1.71 bits per heavy atom. The zero-order valence-corrected chi connectivity index (χ0v) is 10.8. The second-order valence-corrected chi connectivity index (χ2v) is 3.64. The van der Waals surface area contributed by atoms with Gasteiger partial charge in [0.2, 0.25) is 0 Å². The maximum Gasteiger partial charge on any atom is 0.171 e. The molecule has 1 unspecified atom stereocenters. The molecule has 17 heavy (non-hydrogen) atoms. The van der Waals surface area contributed by atoms with Crippen LogP contribution < -0.4 is 9.47 Å². The molecule has 0 N–H and O–H groups in total. The van der Waals surface area contributed by atoms with Crippen LogP contribution in [0.15, 0.2) is 36.9 Å². The van der Waals surface area contributed by atoms with E-state index in [1.54, 1.807) is 7.11 Å². The van der Waals surface area contributed by atoms with Gasteiger partial charge in [-0.1, -0.05) is 20.4 Å². The molecule has 0 fully saturated rings. The second-order valence-electron chi connectivity index (χ2n) is 3.64. The van der Waals surface area contributed by atoms with E-state index in [1.807, 2.05) is 30.3 Å². The lowest BCUT2D eigenvalue weighted by Crippen LogP contribution is -2.37. The predicted molar refractivity (Wildman–Crippen MR) is 70.5 cm³/mol. The summed E-state index contributed by atoms with van der Waals surface area (Å²) in [7, 11) is 1.65. The Morgan fingerprint density at radius 3 is 2.12 bits per heavy atom. The molecule has 0 aromatic heterocycles. The number of ether oxygens (including phenoxy) is 2. The van der Waals surface area contributed by atoms with E-state index in [2.05, 4.69) is 25.3 Å². The van der Waals surface area contributed by atoms with Gasteiger partial charge in [0.05, 0.1) is 7.11 Å². The van der Waals surface area contributed by atoms with Crippen LogP contribution in [0.5, 0.6) is 11.5 Å². The molecule has 0 heterocycles. The second kappa shape index (κ2) is 6.97. The molecule has 1 aromatic rings. The van der Waals surface area contributed by atoms with Crippen LogP contribution in [0.25, 0.3) is 0 Å². The third kappa shape index (κ3) is 3.79. The van der Waals surface area contributed by atoms with Crippen molar-refractivity contribution in [3.63, 3.8) is 0 Å². The zero-order chi connectivity index (χ0) is 12.7. The average Bonchev–Trinajstić information content (AvgIpc) is 2.39. The van der Waals surface area contributed by atoms with E-state index in [4.69, 9.17) is 9.47 Å². The van der Waals surface area contributed by atoms with E-state index in [9.17, 15) is 0 Å². The molecule has 0 bridgehead atoms. The van der Waals surface area contributed by atoms with Crippen molar-refractivity contribution < 1.29 is 9.47 Å². The number of rotatable bonds is 7. The van der Waals surface area contributed by atoms with E-state index >= 15 is 0 Å². The highest BCUT2D eigenvalue weighted by Gasteiger charge is 2.13. The van der Waals surface area contributed by atoms with Gasteiger partial charge in [-0.15, -0.1) is 0 Å². The molecule has 0 spiro atoms.